The third-order valence-corrected chi connectivity index (χ3v) is 7.08. The Morgan fingerprint density at radius 1 is 0.694 bits per heavy atom. The van der Waals surface area contributed by atoms with Crippen molar-refractivity contribution < 1.29 is 8.78 Å². The predicted octanol–water partition coefficient (Wildman–Crippen LogP) is 9.03. The molecule has 4 aromatic rings. The number of fused-ring (bicyclic) bond motifs is 3. The Morgan fingerprint density at radius 3 is 2.17 bits per heavy atom. The molecule has 180 valence electrons. The van der Waals surface area contributed by atoms with Crippen molar-refractivity contribution in [2.75, 3.05) is 0 Å². The number of rotatable bonds is 6. The van der Waals surface area contributed by atoms with E-state index in [0.29, 0.717) is 22.3 Å². The van der Waals surface area contributed by atoms with E-state index in [2.05, 4.69) is 49.1 Å². The largest absolute Gasteiger partial charge is 0.207 e. The number of hydrogen-bond acceptors (Lipinski definition) is 0. The quantitative estimate of drug-likeness (QED) is 0.169. The second kappa shape index (κ2) is 10.5. The molecule has 36 heavy (non-hydrogen) atoms. The Morgan fingerprint density at radius 2 is 1.42 bits per heavy atom. The number of benzene rings is 4. The van der Waals surface area contributed by atoms with E-state index in [1.807, 2.05) is 6.07 Å². The van der Waals surface area contributed by atoms with Gasteiger partial charge in [0.1, 0.15) is 11.6 Å². The van der Waals surface area contributed by atoms with Crippen LogP contribution in [0.1, 0.15) is 66.0 Å². The lowest BCUT2D eigenvalue weighted by Gasteiger charge is -2.05. The summed E-state index contributed by atoms with van der Waals surface area (Å²) in [6.45, 7) is 3.95. The fourth-order valence-corrected chi connectivity index (χ4v) is 4.96. The molecule has 2 heteroatoms. The lowest BCUT2D eigenvalue weighted by atomic mass is 10.00. The van der Waals surface area contributed by atoms with Crippen LogP contribution in [0.25, 0.3) is 22.3 Å². The lowest BCUT2D eigenvalue weighted by molar-refractivity contribution is 0.618. The van der Waals surface area contributed by atoms with Crippen molar-refractivity contribution in [1.82, 2.24) is 0 Å². The van der Waals surface area contributed by atoms with Crippen molar-refractivity contribution >= 4 is 0 Å². The van der Waals surface area contributed by atoms with Crippen LogP contribution in [0, 0.1) is 30.4 Å². The summed E-state index contributed by atoms with van der Waals surface area (Å²) in [5.74, 6) is 5.42. The highest BCUT2D eigenvalue weighted by molar-refractivity contribution is 5.78. The van der Waals surface area contributed by atoms with Gasteiger partial charge in [-0.25, -0.2) is 8.78 Å². The molecule has 0 saturated carbocycles. The van der Waals surface area contributed by atoms with Crippen LogP contribution < -0.4 is 0 Å². The van der Waals surface area contributed by atoms with E-state index >= 15 is 0 Å². The van der Waals surface area contributed by atoms with E-state index in [1.165, 1.54) is 65.6 Å². The second-order valence-electron chi connectivity index (χ2n) is 9.76. The maximum absolute atomic E-state index is 14.8. The molecule has 1 aliphatic rings. The van der Waals surface area contributed by atoms with E-state index in [0.717, 1.165) is 18.4 Å². The Bertz CT molecular complexity index is 1480. The second-order valence-corrected chi connectivity index (χ2v) is 9.76. The number of hydrogen-bond donors (Lipinski definition) is 0. The summed E-state index contributed by atoms with van der Waals surface area (Å²) >= 11 is 0. The molecule has 0 atom stereocenters. The van der Waals surface area contributed by atoms with Crippen LogP contribution >= 0.6 is 0 Å². The molecule has 0 amide bonds. The van der Waals surface area contributed by atoms with E-state index in [-0.39, 0.29) is 5.82 Å². The Balaban J connectivity index is 1.32. The molecule has 0 fully saturated rings. The van der Waals surface area contributed by atoms with E-state index in [4.69, 9.17) is 0 Å². The lowest BCUT2D eigenvalue weighted by Crippen LogP contribution is -1.89. The van der Waals surface area contributed by atoms with Crippen LogP contribution in [0.4, 0.5) is 8.78 Å². The standard InChI is InChI=1S/C34H30F2/c1-3-4-5-6-7-24-10-16-31-29(18-24)20-30-19-25(11-17-32(30)31)9-13-26-14-15-28(22-34(26)36)27-12-8-23(2)33(35)21-27/h8,10-12,14-19,21-22H,3-7,20H2,1-2H3. The van der Waals surface area contributed by atoms with E-state index in [1.54, 1.807) is 31.2 Å². The first-order valence-corrected chi connectivity index (χ1v) is 12.8. The third kappa shape index (κ3) is 5.12. The van der Waals surface area contributed by atoms with Crippen LogP contribution in [0.15, 0.2) is 72.8 Å². The summed E-state index contributed by atoms with van der Waals surface area (Å²) in [6, 6.07) is 23.0. The molecule has 0 unspecified atom stereocenters. The SMILES string of the molecule is CCCCCCc1ccc2c(c1)Cc1cc(C#Cc3ccc(-c4ccc(C)c(F)c4)cc3F)ccc1-2. The number of aryl methyl sites for hydroxylation is 2. The fourth-order valence-electron chi connectivity index (χ4n) is 4.96. The van der Waals surface area contributed by atoms with Crippen molar-refractivity contribution in [3.63, 3.8) is 0 Å². The number of unbranched alkanes of at least 4 members (excludes halogenated alkanes) is 3. The molecule has 0 aromatic heterocycles. The third-order valence-electron chi connectivity index (χ3n) is 7.08. The molecule has 0 aliphatic heterocycles. The summed E-state index contributed by atoms with van der Waals surface area (Å²) in [6.07, 6.45) is 7.17. The highest BCUT2D eigenvalue weighted by Gasteiger charge is 2.18. The van der Waals surface area contributed by atoms with Gasteiger partial charge in [-0.1, -0.05) is 80.5 Å². The van der Waals surface area contributed by atoms with Gasteiger partial charge in [-0.05, 0) is 101 Å². The Labute approximate surface area is 213 Å². The van der Waals surface area contributed by atoms with Gasteiger partial charge >= 0.3 is 0 Å². The summed E-state index contributed by atoms with van der Waals surface area (Å²) < 4.78 is 28.7. The first-order valence-electron chi connectivity index (χ1n) is 12.8. The summed E-state index contributed by atoms with van der Waals surface area (Å²) in [5, 5.41) is 0. The Hall–Kier alpha value is -3.70. The van der Waals surface area contributed by atoms with Crippen LogP contribution in [0.2, 0.25) is 0 Å². The first kappa shape index (κ1) is 24.0. The van der Waals surface area contributed by atoms with Gasteiger partial charge in [0.2, 0.25) is 0 Å². The van der Waals surface area contributed by atoms with Crippen LogP contribution in [0.3, 0.4) is 0 Å². The molecular formula is C34H30F2. The van der Waals surface area contributed by atoms with Gasteiger partial charge in [-0.3, -0.25) is 0 Å². The number of halogens is 2. The zero-order chi connectivity index (χ0) is 25.1. The molecule has 0 radical (unpaired) electrons. The van der Waals surface area contributed by atoms with Gasteiger partial charge in [0.05, 0.1) is 5.56 Å². The van der Waals surface area contributed by atoms with Crippen molar-refractivity contribution in [1.29, 1.82) is 0 Å². The van der Waals surface area contributed by atoms with E-state index < -0.39 is 5.82 Å². The maximum Gasteiger partial charge on any atom is 0.139 e. The minimum atomic E-state index is -0.402. The van der Waals surface area contributed by atoms with Crippen molar-refractivity contribution in [3.8, 4) is 34.1 Å². The monoisotopic (exact) mass is 476 g/mol. The molecule has 1 aliphatic carbocycles. The molecule has 0 spiro atoms. The average Bonchev–Trinajstić information content (AvgIpc) is 3.24. The van der Waals surface area contributed by atoms with Gasteiger partial charge in [-0.2, -0.15) is 0 Å². The van der Waals surface area contributed by atoms with Crippen LogP contribution in [-0.4, -0.2) is 0 Å². The summed E-state index contributed by atoms with van der Waals surface area (Å²) in [4.78, 5) is 0. The molecule has 0 N–H and O–H groups in total. The first-order chi connectivity index (χ1) is 17.5. The molecule has 4 aromatic carbocycles. The zero-order valence-electron chi connectivity index (χ0n) is 20.9. The molecular weight excluding hydrogens is 446 g/mol. The van der Waals surface area contributed by atoms with Gasteiger partial charge < -0.3 is 0 Å². The highest BCUT2D eigenvalue weighted by Crippen LogP contribution is 2.37. The molecule has 0 heterocycles. The minimum absolute atomic E-state index is 0.293. The Kier molecular flexibility index (Phi) is 7.01. The van der Waals surface area contributed by atoms with Crippen LogP contribution in [0.5, 0.6) is 0 Å². The minimum Gasteiger partial charge on any atom is -0.207 e. The van der Waals surface area contributed by atoms with Crippen molar-refractivity contribution in [3.05, 3.63) is 118 Å². The van der Waals surface area contributed by atoms with E-state index in [9.17, 15) is 8.78 Å². The molecule has 0 nitrogen and oxygen atoms in total. The fraction of sp³-hybridized carbons (Fsp3) is 0.235. The van der Waals surface area contributed by atoms with Gasteiger partial charge in [-0.15, -0.1) is 0 Å². The smallest absolute Gasteiger partial charge is 0.139 e. The average molecular weight is 477 g/mol. The summed E-state index contributed by atoms with van der Waals surface area (Å²) in [7, 11) is 0. The maximum atomic E-state index is 14.8. The zero-order valence-corrected chi connectivity index (χ0v) is 20.9. The predicted molar refractivity (Wildman–Crippen MR) is 145 cm³/mol. The normalized spacial score (nSPS) is 11.6. The van der Waals surface area contributed by atoms with Crippen LogP contribution in [-0.2, 0) is 12.8 Å². The van der Waals surface area contributed by atoms with Crippen molar-refractivity contribution in [2.24, 2.45) is 0 Å². The summed E-state index contributed by atoms with van der Waals surface area (Å²) in [5.41, 5.74) is 9.75. The molecule has 5 rings (SSSR count). The molecule has 0 saturated heterocycles. The topological polar surface area (TPSA) is 0 Å². The van der Waals surface area contributed by atoms with Crippen molar-refractivity contribution in [2.45, 2.75) is 52.4 Å². The van der Waals surface area contributed by atoms with Gasteiger partial charge in [0.15, 0.2) is 0 Å². The van der Waals surface area contributed by atoms with Gasteiger partial charge in [0.25, 0.3) is 0 Å². The van der Waals surface area contributed by atoms with Gasteiger partial charge in [0, 0.05) is 5.56 Å². The highest BCUT2D eigenvalue weighted by atomic mass is 19.1. The molecule has 0 bridgehead atoms.